The summed E-state index contributed by atoms with van der Waals surface area (Å²) < 4.78 is 77.5. The third kappa shape index (κ3) is 8.60. The average molecular weight is 665 g/mol. The minimum Gasteiger partial charge on any atom is -0.490 e. The second kappa shape index (κ2) is 14.4. The summed E-state index contributed by atoms with van der Waals surface area (Å²) in [6.45, 7) is 0. The van der Waals surface area contributed by atoms with Crippen LogP contribution in [0, 0.1) is 17.5 Å². The Morgan fingerprint density at radius 1 is 0.347 bits per heavy atom. The van der Waals surface area contributed by atoms with Crippen molar-refractivity contribution in [3.63, 3.8) is 0 Å². The van der Waals surface area contributed by atoms with Crippen LogP contribution in [-0.2, 0) is 0 Å². The second-order valence-corrected chi connectivity index (χ2v) is 10.4. The minimum atomic E-state index is -1.33. The molecule has 0 atom stereocenters. The van der Waals surface area contributed by atoms with Gasteiger partial charge in [0.2, 0.25) is 0 Å². The van der Waals surface area contributed by atoms with E-state index in [1.807, 2.05) is 0 Å². The van der Waals surface area contributed by atoms with Gasteiger partial charge in [0.25, 0.3) is 0 Å². The summed E-state index contributed by atoms with van der Waals surface area (Å²) in [5, 5.41) is 0. The maximum atomic E-state index is 14.2. The van der Waals surface area contributed by atoms with Crippen molar-refractivity contribution in [2.24, 2.45) is 0 Å². The summed E-state index contributed by atoms with van der Waals surface area (Å²) in [6, 6.07) is 31.3. The Bertz CT molecular complexity index is 1820. The van der Waals surface area contributed by atoms with Gasteiger partial charge < -0.3 is 45.4 Å². The van der Waals surface area contributed by atoms with E-state index in [-0.39, 0.29) is 34.3 Å². The number of halogens is 3. The van der Waals surface area contributed by atoms with Crippen molar-refractivity contribution in [2.45, 2.75) is 0 Å². The molecule has 246 valence electrons. The van der Waals surface area contributed by atoms with Crippen molar-refractivity contribution in [1.29, 1.82) is 0 Å². The SMILES string of the molecule is Nc1ccc(Oc2ccc(OB(Oc3ccc(Oc4ccc(N)cc4F)cc3)Oc3ccc(Oc4ccc(N)cc4F)cc3)cc2)c(F)c1. The molecule has 0 heterocycles. The van der Waals surface area contributed by atoms with E-state index in [1.54, 1.807) is 72.8 Å². The molecule has 0 aliphatic carbocycles. The van der Waals surface area contributed by atoms with Crippen LogP contribution in [0.2, 0.25) is 0 Å². The summed E-state index contributed by atoms with van der Waals surface area (Å²) in [5.74, 6) is 0.211. The Morgan fingerprint density at radius 3 is 0.837 bits per heavy atom. The first-order valence-electron chi connectivity index (χ1n) is 14.7. The van der Waals surface area contributed by atoms with Crippen LogP contribution in [0.25, 0.3) is 0 Å². The van der Waals surface area contributed by atoms with Gasteiger partial charge >= 0.3 is 7.32 Å². The quantitative estimate of drug-likeness (QED) is 0.0867. The average Bonchev–Trinajstić information content (AvgIpc) is 3.07. The highest BCUT2D eigenvalue weighted by molar-refractivity contribution is 6.39. The molecule has 9 nitrogen and oxygen atoms in total. The number of nitrogen functional groups attached to an aromatic ring is 3. The predicted molar refractivity (Wildman–Crippen MR) is 180 cm³/mol. The molecular weight excluding hydrogens is 638 g/mol. The van der Waals surface area contributed by atoms with E-state index >= 15 is 0 Å². The van der Waals surface area contributed by atoms with E-state index in [9.17, 15) is 13.2 Å². The molecule has 13 heteroatoms. The minimum absolute atomic E-state index is 0.00512. The third-order valence-corrected chi connectivity index (χ3v) is 6.72. The Kier molecular flexibility index (Phi) is 9.52. The van der Waals surface area contributed by atoms with Crippen molar-refractivity contribution in [3.8, 4) is 51.7 Å². The number of rotatable bonds is 12. The standard InChI is InChI=1S/C36H27BF3N3O6/c38-31-19-22(41)1-16-34(31)44-25-4-10-28(11-5-25)47-37(48-29-12-6-26(7-13-29)45-35-17-2-23(42)20-32(35)39)49-30-14-8-27(9-15-30)46-36-18-3-24(43)21-33(36)40/h1-21H,41-43H2. The molecule has 0 aliphatic rings. The lowest BCUT2D eigenvalue weighted by Gasteiger charge is -2.17. The van der Waals surface area contributed by atoms with E-state index in [2.05, 4.69) is 0 Å². The monoisotopic (exact) mass is 665 g/mol. The van der Waals surface area contributed by atoms with Gasteiger partial charge in [0, 0.05) is 35.3 Å². The van der Waals surface area contributed by atoms with E-state index in [1.165, 1.54) is 36.4 Å². The molecule has 0 aliphatic heterocycles. The molecule has 0 bridgehead atoms. The van der Waals surface area contributed by atoms with E-state index < -0.39 is 24.8 Å². The van der Waals surface area contributed by atoms with Gasteiger partial charge in [-0.15, -0.1) is 0 Å². The number of hydrogen-bond acceptors (Lipinski definition) is 9. The molecule has 6 N–H and O–H groups in total. The van der Waals surface area contributed by atoms with Gasteiger partial charge in [-0.2, -0.15) is 0 Å². The molecule has 0 saturated heterocycles. The van der Waals surface area contributed by atoms with Crippen LogP contribution in [0.4, 0.5) is 30.2 Å². The largest absolute Gasteiger partial charge is 0.864 e. The fourth-order valence-corrected chi connectivity index (χ4v) is 4.34. The summed E-state index contributed by atoms with van der Waals surface area (Å²) in [5.41, 5.74) is 17.7. The van der Waals surface area contributed by atoms with Gasteiger partial charge in [-0.25, -0.2) is 13.2 Å². The predicted octanol–water partition coefficient (Wildman–Crippen LogP) is 8.75. The maximum Gasteiger partial charge on any atom is 0.864 e. The Labute approximate surface area is 279 Å². The van der Waals surface area contributed by atoms with Crippen LogP contribution >= 0.6 is 0 Å². The van der Waals surface area contributed by atoms with Gasteiger partial charge in [0.05, 0.1) is 0 Å². The van der Waals surface area contributed by atoms with Gasteiger partial charge in [-0.3, -0.25) is 0 Å². The Hall–Kier alpha value is -6.63. The lowest BCUT2D eigenvalue weighted by Crippen LogP contribution is -2.36. The molecule has 0 spiro atoms. The van der Waals surface area contributed by atoms with E-state index in [0.717, 1.165) is 18.2 Å². The van der Waals surface area contributed by atoms with Gasteiger partial charge in [0.1, 0.15) is 34.5 Å². The molecule has 0 aromatic heterocycles. The van der Waals surface area contributed by atoms with E-state index in [0.29, 0.717) is 34.5 Å². The molecule has 6 rings (SSSR count). The van der Waals surface area contributed by atoms with Crippen LogP contribution in [-0.4, -0.2) is 7.32 Å². The third-order valence-electron chi connectivity index (χ3n) is 6.72. The summed E-state index contributed by atoms with van der Waals surface area (Å²) in [4.78, 5) is 0. The molecule has 0 radical (unpaired) electrons. The molecule has 6 aromatic carbocycles. The van der Waals surface area contributed by atoms with Crippen LogP contribution in [0.15, 0.2) is 127 Å². The van der Waals surface area contributed by atoms with Crippen molar-refractivity contribution in [2.75, 3.05) is 17.2 Å². The first kappa shape index (κ1) is 32.3. The zero-order valence-electron chi connectivity index (χ0n) is 25.5. The number of hydrogen-bond donors (Lipinski definition) is 3. The zero-order chi connectivity index (χ0) is 34.3. The highest BCUT2D eigenvalue weighted by Gasteiger charge is 2.30. The molecule has 0 amide bonds. The lowest BCUT2D eigenvalue weighted by molar-refractivity contribution is 0.306. The van der Waals surface area contributed by atoms with Gasteiger partial charge in [-0.1, -0.05) is 0 Å². The second-order valence-electron chi connectivity index (χ2n) is 10.4. The highest BCUT2D eigenvalue weighted by atomic mass is 19.1. The van der Waals surface area contributed by atoms with Crippen LogP contribution < -0.4 is 45.4 Å². The number of anilines is 3. The highest BCUT2D eigenvalue weighted by Crippen LogP contribution is 2.31. The molecular formula is C36H27BF3N3O6. The maximum absolute atomic E-state index is 14.2. The smallest absolute Gasteiger partial charge is 0.490 e. The summed E-state index contributed by atoms with van der Waals surface area (Å²) in [6.07, 6.45) is 0. The topological polar surface area (TPSA) is 133 Å². The van der Waals surface area contributed by atoms with Gasteiger partial charge in [0.15, 0.2) is 34.7 Å². The van der Waals surface area contributed by atoms with Crippen LogP contribution in [0.1, 0.15) is 0 Å². The van der Waals surface area contributed by atoms with E-state index in [4.69, 9.17) is 45.4 Å². The van der Waals surface area contributed by atoms with Gasteiger partial charge in [-0.05, 0) is 109 Å². The molecule has 0 unspecified atom stereocenters. The first-order valence-corrected chi connectivity index (χ1v) is 14.7. The number of nitrogens with two attached hydrogens (primary N) is 3. The number of ether oxygens (including phenoxy) is 3. The fraction of sp³-hybridized carbons (Fsp3) is 0. The van der Waals surface area contributed by atoms with Crippen LogP contribution in [0.5, 0.6) is 51.7 Å². The molecule has 49 heavy (non-hydrogen) atoms. The Balaban J connectivity index is 1.17. The summed E-state index contributed by atoms with van der Waals surface area (Å²) >= 11 is 0. The fourth-order valence-electron chi connectivity index (χ4n) is 4.34. The molecule has 6 aromatic rings. The normalized spacial score (nSPS) is 10.6. The lowest BCUT2D eigenvalue weighted by atomic mass is 10.2. The van der Waals surface area contributed by atoms with Crippen LogP contribution in [0.3, 0.4) is 0 Å². The molecule has 0 saturated carbocycles. The molecule has 0 fully saturated rings. The van der Waals surface area contributed by atoms with Crippen molar-refractivity contribution in [1.82, 2.24) is 0 Å². The van der Waals surface area contributed by atoms with Crippen molar-refractivity contribution >= 4 is 24.4 Å². The summed E-state index contributed by atoms with van der Waals surface area (Å²) in [7, 11) is -1.33. The Morgan fingerprint density at radius 2 is 0.592 bits per heavy atom. The number of benzene rings is 6. The first-order chi connectivity index (χ1) is 23.7. The zero-order valence-corrected chi connectivity index (χ0v) is 25.5. The van der Waals surface area contributed by atoms with Crippen molar-refractivity contribution < 1.29 is 41.3 Å². The van der Waals surface area contributed by atoms with Crippen molar-refractivity contribution in [3.05, 3.63) is 145 Å².